The molecule has 20 heavy (non-hydrogen) atoms. The fourth-order valence-corrected chi connectivity index (χ4v) is 2.61. The van der Waals surface area contributed by atoms with E-state index in [-0.39, 0.29) is 5.91 Å². The number of likely N-dealkylation sites (N-methyl/N-ethyl adjacent to an activating group) is 1. The predicted molar refractivity (Wildman–Crippen MR) is 80.4 cm³/mol. The maximum atomic E-state index is 13.2. The van der Waals surface area contributed by atoms with Crippen LogP contribution in [-0.2, 0) is 0 Å². The maximum absolute atomic E-state index is 13.2. The molecule has 0 radical (unpaired) electrons. The number of piperazine rings is 1. The van der Waals surface area contributed by atoms with Crippen molar-refractivity contribution < 1.29 is 9.18 Å². The first-order valence-electron chi connectivity index (χ1n) is 6.71. The van der Waals surface area contributed by atoms with Gasteiger partial charge in [-0.25, -0.2) is 4.39 Å². The molecule has 1 saturated heterocycles. The number of nitrogens with zero attached hydrogens (tertiary/aromatic N) is 2. The summed E-state index contributed by atoms with van der Waals surface area (Å²) in [4.78, 5) is 16.2. The van der Waals surface area contributed by atoms with Crippen molar-refractivity contribution in [3.63, 3.8) is 0 Å². The van der Waals surface area contributed by atoms with Crippen molar-refractivity contribution in [1.82, 2.24) is 15.1 Å². The van der Waals surface area contributed by atoms with Gasteiger partial charge in [-0.05, 0) is 34.1 Å². The average molecular weight is 344 g/mol. The zero-order chi connectivity index (χ0) is 14.5. The van der Waals surface area contributed by atoms with E-state index in [0.717, 1.165) is 32.7 Å². The van der Waals surface area contributed by atoms with Gasteiger partial charge in [-0.1, -0.05) is 0 Å². The maximum Gasteiger partial charge on any atom is 0.254 e. The van der Waals surface area contributed by atoms with Gasteiger partial charge in [0, 0.05) is 50.8 Å². The van der Waals surface area contributed by atoms with Crippen molar-refractivity contribution in [2.75, 3.05) is 46.3 Å². The third-order valence-electron chi connectivity index (χ3n) is 3.47. The Balaban J connectivity index is 1.92. The Hall–Kier alpha value is -0.980. The third-order valence-corrected chi connectivity index (χ3v) is 4.16. The van der Waals surface area contributed by atoms with E-state index in [9.17, 15) is 9.18 Å². The molecule has 0 aromatic heterocycles. The Morgan fingerprint density at radius 1 is 1.45 bits per heavy atom. The number of hydrogen-bond donors (Lipinski definition) is 1. The van der Waals surface area contributed by atoms with E-state index in [1.165, 1.54) is 12.1 Å². The number of benzene rings is 1. The van der Waals surface area contributed by atoms with E-state index < -0.39 is 5.82 Å². The minimum atomic E-state index is -0.396. The van der Waals surface area contributed by atoms with Crippen molar-refractivity contribution in [3.05, 3.63) is 34.1 Å². The van der Waals surface area contributed by atoms with Gasteiger partial charge >= 0.3 is 0 Å². The molecule has 0 unspecified atom stereocenters. The summed E-state index contributed by atoms with van der Waals surface area (Å²) in [5.74, 6) is -0.557. The molecule has 1 heterocycles. The van der Waals surface area contributed by atoms with Gasteiger partial charge in [0.05, 0.1) is 5.56 Å². The van der Waals surface area contributed by atoms with Gasteiger partial charge in [-0.3, -0.25) is 9.69 Å². The summed E-state index contributed by atoms with van der Waals surface area (Å²) in [5.41, 5.74) is 0.368. The van der Waals surface area contributed by atoms with Gasteiger partial charge in [0.15, 0.2) is 0 Å². The van der Waals surface area contributed by atoms with E-state index in [1.54, 1.807) is 18.0 Å². The first-order chi connectivity index (χ1) is 9.58. The van der Waals surface area contributed by atoms with Crippen LogP contribution < -0.4 is 5.32 Å². The second kappa shape index (κ2) is 7.15. The lowest BCUT2D eigenvalue weighted by molar-refractivity contribution is 0.0773. The Morgan fingerprint density at radius 2 is 2.15 bits per heavy atom. The summed E-state index contributed by atoms with van der Waals surface area (Å²) >= 11 is 3.29. The molecule has 0 aliphatic carbocycles. The number of carbonyl (C=O) groups is 1. The number of nitrogens with one attached hydrogen (secondary N) is 1. The highest BCUT2D eigenvalue weighted by Gasteiger charge is 2.17. The molecule has 4 nitrogen and oxygen atoms in total. The smallest absolute Gasteiger partial charge is 0.254 e. The predicted octanol–water partition coefficient (Wildman–Crippen LogP) is 1.57. The van der Waals surface area contributed by atoms with Crippen LogP contribution in [0.1, 0.15) is 10.4 Å². The van der Waals surface area contributed by atoms with Gasteiger partial charge < -0.3 is 10.2 Å². The molecule has 0 bridgehead atoms. The Kier molecular flexibility index (Phi) is 5.51. The summed E-state index contributed by atoms with van der Waals surface area (Å²) in [6.45, 7) is 5.48. The first-order valence-corrected chi connectivity index (χ1v) is 7.51. The Labute approximate surface area is 127 Å². The van der Waals surface area contributed by atoms with Gasteiger partial charge in [0.25, 0.3) is 5.91 Å². The van der Waals surface area contributed by atoms with Crippen LogP contribution in [0.25, 0.3) is 0 Å². The molecule has 1 fully saturated rings. The number of halogens is 2. The molecule has 1 aromatic rings. The zero-order valence-electron chi connectivity index (χ0n) is 11.5. The SMILES string of the molecule is CN(CCN1CCNCC1)C(=O)c1cc(F)ccc1Br. The number of hydrogen-bond acceptors (Lipinski definition) is 3. The highest BCUT2D eigenvalue weighted by Crippen LogP contribution is 2.19. The molecule has 1 aromatic carbocycles. The number of amides is 1. The Morgan fingerprint density at radius 3 is 2.85 bits per heavy atom. The molecular formula is C14H19BrFN3O. The minimum absolute atomic E-state index is 0.161. The van der Waals surface area contributed by atoms with Crippen molar-refractivity contribution in [3.8, 4) is 0 Å². The minimum Gasteiger partial charge on any atom is -0.340 e. The first kappa shape index (κ1) is 15.4. The van der Waals surface area contributed by atoms with Crippen LogP contribution >= 0.6 is 15.9 Å². The lowest BCUT2D eigenvalue weighted by atomic mass is 10.2. The van der Waals surface area contributed by atoms with Crippen molar-refractivity contribution in [1.29, 1.82) is 0 Å². The summed E-state index contributed by atoms with van der Waals surface area (Å²) in [6.07, 6.45) is 0. The van der Waals surface area contributed by atoms with E-state index in [4.69, 9.17) is 0 Å². The standard InChI is InChI=1S/C14H19BrFN3O/c1-18(8-9-19-6-4-17-5-7-19)14(20)12-10-11(16)2-3-13(12)15/h2-3,10,17H,4-9H2,1H3. The van der Waals surface area contributed by atoms with E-state index in [2.05, 4.69) is 26.1 Å². The molecule has 6 heteroatoms. The number of rotatable bonds is 4. The van der Waals surface area contributed by atoms with E-state index >= 15 is 0 Å². The molecule has 0 atom stereocenters. The molecular weight excluding hydrogens is 325 g/mol. The summed E-state index contributed by atoms with van der Waals surface area (Å²) < 4.78 is 13.9. The zero-order valence-corrected chi connectivity index (χ0v) is 13.1. The van der Waals surface area contributed by atoms with Crippen molar-refractivity contribution in [2.24, 2.45) is 0 Å². The van der Waals surface area contributed by atoms with Crippen LogP contribution in [0.15, 0.2) is 22.7 Å². The monoisotopic (exact) mass is 343 g/mol. The van der Waals surface area contributed by atoms with Gasteiger partial charge in [0.1, 0.15) is 5.82 Å². The second-order valence-corrected chi connectivity index (χ2v) is 5.80. The highest BCUT2D eigenvalue weighted by molar-refractivity contribution is 9.10. The molecule has 110 valence electrons. The largest absolute Gasteiger partial charge is 0.340 e. The summed E-state index contributed by atoms with van der Waals surface area (Å²) in [6, 6.07) is 4.17. The molecule has 1 aliphatic heterocycles. The molecule has 1 amide bonds. The molecule has 0 spiro atoms. The van der Waals surface area contributed by atoms with Gasteiger partial charge in [-0.15, -0.1) is 0 Å². The highest BCUT2D eigenvalue weighted by atomic mass is 79.9. The van der Waals surface area contributed by atoms with Crippen LogP contribution in [0.4, 0.5) is 4.39 Å². The lowest BCUT2D eigenvalue weighted by Crippen LogP contribution is -2.46. The van der Waals surface area contributed by atoms with Gasteiger partial charge in [0.2, 0.25) is 0 Å². The fourth-order valence-electron chi connectivity index (χ4n) is 2.19. The molecule has 1 aliphatic rings. The quantitative estimate of drug-likeness (QED) is 0.901. The van der Waals surface area contributed by atoms with Crippen LogP contribution in [0.2, 0.25) is 0 Å². The number of carbonyl (C=O) groups excluding carboxylic acids is 1. The van der Waals surface area contributed by atoms with Crippen molar-refractivity contribution >= 4 is 21.8 Å². The second-order valence-electron chi connectivity index (χ2n) is 4.94. The lowest BCUT2D eigenvalue weighted by Gasteiger charge is -2.29. The van der Waals surface area contributed by atoms with E-state index in [1.807, 2.05) is 0 Å². The summed E-state index contributed by atoms with van der Waals surface area (Å²) in [7, 11) is 1.75. The fraction of sp³-hybridized carbons (Fsp3) is 0.500. The van der Waals surface area contributed by atoms with Crippen LogP contribution in [0.3, 0.4) is 0 Å². The van der Waals surface area contributed by atoms with Crippen molar-refractivity contribution in [2.45, 2.75) is 0 Å². The third kappa shape index (κ3) is 4.01. The normalized spacial score (nSPS) is 16.1. The van der Waals surface area contributed by atoms with E-state index in [0.29, 0.717) is 16.6 Å². The Bertz CT molecular complexity index is 477. The van der Waals surface area contributed by atoms with Crippen LogP contribution in [0, 0.1) is 5.82 Å². The van der Waals surface area contributed by atoms with Crippen LogP contribution in [-0.4, -0.2) is 62.0 Å². The summed E-state index contributed by atoms with van der Waals surface area (Å²) in [5, 5.41) is 3.29. The molecule has 0 saturated carbocycles. The topological polar surface area (TPSA) is 35.6 Å². The molecule has 2 rings (SSSR count). The van der Waals surface area contributed by atoms with Crippen LogP contribution in [0.5, 0.6) is 0 Å². The average Bonchev–Trinajstić information content (AvgIpc) is 2.47. The van der Waals surface area contributed by atoms with Gasteiger partial charge in [-0.2, -0.15) is 0 Å². The molecule has 1 N–H and O–H groups in total.